The van der Waals surface area contributed by atoms with Gasteiger partial charge in [-0.05, 0) is 49.0 Å². The van der Waals surface area contributed by atoms with Crippen LogP contribution < -0.4 is 9.80 Å². The zero-order valence-corrected chi connectivity index (χ0v) is 16.5. The minimum absolute atomic E-state index is 0.281. The SMILES string of the molecule is CC(C)[C@H](c1nnnn1C[C@@H]1CCCO1)[NH+]1CC[NH+](C2CCCC2)CC1. The Bertz CT molecular complexity index is 556. The minimum atomic E-state index is 0.281. The van der Waals surface area contributed by atoms with Crippen molar-refractivity contribution >= 4 is 0 Å². The molecule has 1 saturated carbocycles. The average molecular weight is 365 g/mol. The molecule has 146 valence electrons. The molecule has 3 fully saturated rings. The molecule has 2 saturated heterocycles. The molecule has 3 heterocycles. The van der Waals surface area contributed by atoms with Crippen molar-refractivity contribution in [1.82, 2.24) is 20.2 Å². The Morgan fingerprint density at radius 1 is 1.08 bits per heavy atom. The molecule has 1 aromatic rings. The van der Waals surface area contributed by atoms with Crippen LogP contribution in [0.15, 0.2) is 0 Å². The number of rotatable bonds is 6. The molecular weight excluding hydrogens is 328 g/mol. The van der Waals surface area contributed by atoms with Crippen LogP contribution in [0, 0.1) is 5.92 Å². The van der Waals surface area contributed by atoms with E-state index >= 15 is 0 Å². The zero-order valence-electron chi connectivity index (χ0n) is 16.5. The van der Waals surface area contributed by atoms with Gasteiger partial charge in [0, 0.05) is 12.5 Å². The Morgan fingerprint density at radius 3 is 2.50 bits per heavy atom. The van der Waals surface area contributed by atoms with Crippen LogP contribution in [-0.2, 0) is 11.3 Å². The van der Waals surface area contributed by atoms with Crippen LogP contribution in [0.3, 0.4) is 0 Å². The number of hydrogen-bond donors (Lipinski definition) is 2. The molecule has 4 rings (SSSR count). The fourth-order valence-corrected chi connectivity index (χ4v) is 5.44. The van der Waals surface area contributed by atoms with Crippen LogP contribution in [0.25, 0.3) is 0 Å². The molecule has 7 heteroatoms. The van der Waals surface area contributed by atoms with Crippen molar-refractivity contribution < 1.29 is 14.5 Å². The molecule has 0 spiro atoms. The second-order valence-electron chi connectivity index (χ2n) is 8.87. The van der Waals surface area contributed by atoms with Crippen LogP contribution in [0.5, 0.6) is 0 Å². The largest absolute Gasteiger partial charge is 0.376 e. The van der Waals surface area contributed by atoms with Crippen molar-refractivity contribution in [1.29, 1.82) is 0 Å². The highest BCUT2D eigenvalue weighted by molar-refractivity contribution is 4.90. The Hall–Kier alpha value is -1.05. The maximum absolute atomic E-state index is 5.81. The number of hydrogen-bond acceptors (Lipinski definition) is 4. The first kappa shape index (κ1) is 18.3. The Balaban J connectivity index is 1.42. The Labute approximate surface area is 157 Å². The minimum Gasteiger partial charge on any atom is -0.376 e. The fraction of sp³-hybridized carbons (Fsp3) is 0.947. The Morgan fingerprint density at radius 2 is 1.85 bits per heavy atom. The number of piperazine rings is 1. The van der Waals surface area contributed by atoms with Crippen LogP contribution >= 0.6 is 0 Å². The van der Waals surface area contributed by atoms with Crippen LogP contribution in [0.2, 0.25) is 0 Å². The molecule has 2 N–H and O–H groups in total. The summed E-state index contributed by atoms with van der Waals surface area (Å²) in [5.41, 5.74) is 0. The normalized spacial score (nSPS) is 31.7. The maximum atomic E-state index is 5.81. The monoisotopic (exact) mass is 364 g/mol. The van der Waals surface area contributed by atoms with E-state index in [1.54, 1.807) is 4.90 Å². The van der Waals surface area contributed by atoms with Gasteiger partial charge < -0.3 is 14.5 Å². The van der Waals surface area contributed by atoms with Crippen LogP contribution in [-0.4, -0.2) is 65.1 Å². The number of nitrogens with zero attached hydrogens (tertiary/aromatic N) is 4. The Kier molecular flexibility index (Phi) is 5.86. The molecular formula is C19H36N6O+2. The van der Waals surface area contributed by atoms with Gasteiger partial charge in [-0.25, -0.2) is 4.68 Å². The first-order valence-corrected chi connectivity index (χ1v) is 10.8. The lowest BCUT2D eigenvalue weighted by atomic mass is 10.00. The summed E-state index contributed by atoms with van der Waals surface area (Å²) in [5, 5.41) is 12.8. The van der Waals surface area contributed by atoms with Crippen LogP contribution in [0.1, 0.15) is 64.2 Å². The molecule has 3 aliphatic rings. The number of quaternary nitrogens is 2. The summed E-state index contributed by atoms with van der Waals surface area (Å²) in [6.07, 6.45) is 8.34. The van der Waals surface area contributed by atoms with Crippen molar-refractivity contribution in [2.45, 2.75) is 77.1 Å². The van der Waals surface area contributed by atoms with Gasteiger partial charge in [-0.3, -0.25) is 0 Å². The third-order valence-corrected chi connectivity index (χ3v) is 6.81. The fourth-order valence-electron chi connectivity index (χ4n) is 5.44. The van der Waals surface area contributed by atoms with Gasteiger partial charge in [-0.15, -0.1) is 5.10 Å². The van der Waals surface area contributed by atoms with E-state index in [-0.39, 0.29) is 6.10 Å². The predicted octanol–water partition coefficient (Wildman–Crippen LogP) is -0.725. The van der Waals surface area contributed by atoms with E-state index < -0.39 is 0 Å². The van der Waals surface area contributed by atoms with E-state index in [9.17, 15) is 0 Å². The highest BCUT2D eigenvalue weighted by Gasteiger charge is 2.38. The van der Waals surface area contributed by atoms with Crippen molar-refractivity contribution in [2.75, 3.05) is 32.8 Å². The number of aromatic nitrogens is 4. The van der Waals surface area contributed by atoms with Crippen LogP contribution in [0.4, 0.5) is 0 Å². The highest BCUT2D eigenvalue weighted by Crippen LogP contribution is 2.19. The molecule has 0 bridgehead atoms. The molecule has 7 nitrogen and oxygen atoms in total. The zero-order chi connectivity index (χ0) is 17.9. The van der Waals surface area contributed by atoms with Crippen molar-refractivity contribution in [3.05, 3.63) is 5.82 Å². The van der Waals surface area contributed by atoms with Gasteiger partial charge in [0.25, 0.3) is 0 Å². The van der Waals surface area contributed by atoms with Gasteiger partial charge in [-0.1, -0.05) is 13.8 Å². The standard InChI is InChI=1S/C19H34N6O/c1-15(2)18(19-20-21-22-25(19)14-17-8-5-13-26-17)24-11-9-23(10-12-24)16-6-3-4-7-16/h15-18H,3-14H2,1-2H3/p+2/t17-,18+/m0/s1. The first-order chi connectivity index (χ1) is 12.7. The van der Waals surface area contributed by atoms with Gasteiger partial charge in [0.1, 0.15) is 26.2 Å². The molecule has 2 atom stereocenters. The van der Waals surface area contributed by atoms with Gasteiger partial charge in [0.15, 0.2) is 6.04 Å². The summed E-state index contributed by atoms with van der Waals surface area (Å²) >= 11 is 0. The molecule has 0 unspecified atom stereocenters. The number of nitrogens with one attached hydrogen (secondary N) is 2. The summed E-state index contributed by atoms with van der Waals surface area (Å²) in [7, 11) is 0. The summed E-state index contributed by atoms with van der Waals surface area (Å²) in [6.45, 7) is 11.4. The average Bonchev–Trinajstić information content (AvgIpc) is 3.39. The second kappa shape index (κ2) is 8.31. The van der Waals surface area contributed by atoms with E-state index in [0.29, 0.717) is 12.0 Å². The summed E-state index contributed by atoms with van der Waals surface area (Å²) in [6, 6.07) is 1.32. The quantitative estimate of drug-likeness (QED) is 0.699. The van der Waals surface area contributed by atoms with Crippen molar-refractivity contribution in [3.63, 3.8) is 0 Å². The van der Waals surface area contributed by atoms with Gasteiger partial charge in [0.2, 0.25) is 5.82 Å². The number of tetrazole rings is 1. The van der Waals surface area contributed by atoms with Gasteiger partial charge in [-0.2, -0.15) is 0 Å². The number of ether oxygens (including phenoxy) is 1. The molecule has 1 aliphatic carbocycles. The lowest BCUT2D eigenvalue weighted by molar-refractivity contribution is -1.04. The van der Waals surface area contributed by atoms with Crippen molar-refractivity contribution in [2.24, 2.45) is 5.92 Å². The highest BCUT2D eigenvalue weighted by atomic mass is 16.5. The third-order valence-electron chi connectivity index (χ3n) is 6.81. The maximum Gasteiger partial charge on any atom is 0.209 e. The van der Waals surface area contributed by atoms with Gasteiger partial charge in [0.05, 0.1) is 18.7 Å². The molecule has 26 heavy (non-hydrogen) atoms. The van der Waals surface area contributed by atoms with E-state index in [1.807, 2.05) is 9.58 Å². The third kappa shape index (κ3) is 3.94. The smallest absolute Gasteiger partial charge is 0.209 e. The summed E-state index contributed by atoms with van der Waals surface area (Å²) < 4.78 is 7.84. The second-order valence-corrected chi connectivity index (χ2v) is 8.87. The molecule has 0 aromatic carbocycles. The van der Waals surface area contributed by atoms with E-state index in [1.165, 1.54) is 51.9 Å². The summed E-state index contributed by atoms with van der Waals surface area (Å²) in [4.78, 5) is 3.53. The van der Waals surface area contributed by atoms with E-state index in [0.717, 1.165) is 37.9 Å². The lowest BCUT2D eigenvalue weighted by Gasteiger charge is -2.37. The summed E-state index contributed by atoms with van der Waals surface area (Å²) in [5.74, 6) is 1.60. The van der Waals surface area contributed by atoms with E-state index in [4.69, 9.17) is 4.74 Å². The van der Waals surface area contributed by atoms with Gasteiger partial charge >= 0.3 is 0 Å². The molecule has 0 radical (unpaired) electrons. The molecule has 2 aliphatic heterocycles. The van der Waals surface area contributed by atoms with E-state index in [2.05, 4.69) is 29.4 Å². The first-order valence-electron chi connectivity index (χ1n) is 10.8. The lowest BCUT2D eigenvalue weighted by Crippen LogP contribution is -3.29. The molecule has 1 aromatic heterocycles. The molecule has 0 amide bonds. The van der Waals surface area contributed by atoms with Crippen molar-refractivity contribution in [3.8, 4) is 0 Å². The topological polar surface area (TPSA) is 61.7 Å². The predicted molar refractivity (Wildman–Crippen MR) is 98.0 cm³/mol.